The molecule has 2 atom stereocenters. The molecule has 1 aliphatic heterocycles. The van der Waals surface area contributed by atoms with Crippen molar-refractivity contribution in [3.05, 3.63) is 21.9 Å². The van der Waals surface area contributed by atoms with Crippen LogP contribution in [0.3, 0.4) is 0 Å². The summed E-state index contributed by atoms with van der Waals surface area (Å²) in [5.41, 5.74) is 0.921. The van der Waals surface area contributed by atoms with Crippen molar-refractivity contribution in [2.24, 2.45) is 11.3 Å². The van der Waals surface area contributed by atoms with Crippen molar-refractivity contribution in [3.63, 3.8) is 0 Å². The van der Waals surface area contributed by atoms with Crippen molar-refractivity contribution in [1.29, 1.82) is 0 Å². The Balaban J connectivity index is 1.75. The number of carbonyl (C=O) groups is 1. The fourth-order valence-electron chi connectivity index (χ4n) is 3.68. The Morgan fingerprint density at radius 2 is 2.50 bits per heavy atom. The van der Waals surface area contributed by atoms with E-state index in [1.807, 2.05) is 0 Å². The molecule has 0 unspecified atom stereocenters. The first-order chi connectivity index (χ1) is 8.62. The minimum Gasteiger partial charge on any atom is -0.481 e. The van der Waals surface area contributed by atoms with Crippen molar-refractivity contribution < 1.29 is 9.90 Å². The molecule has 0 bridgehead atoms. The second-order valence-electron chi connectivity index (χ2n) is 5.72. The monoisotopic (exact) mass is 265 g/mol. The van der Waals surface area contributed by atoms with Crippen LogP contribution in [0, 0.1) is 18.3 Å². The topological polar surface area (TPSA) is 40.5 Å². The minimum absolute atomic E-state index is 0.369. The molecule has 2 aliphatic rings. The van der Waals surface area contributed by atoms with E-state index in [9.17, 15) is 9.90 Å². The summed E-state index contributed by atoms with van der Waals surface area (Å²) < 4.78 is 0. The van der Waals surface area contributed by atoms with Gasteiger partial charge in [0, 0.05) is 24.5 Å². The number of hydrogen-bond donors (Lipinski definition) is 1. The molecule has 2 fully saturated rings. The number of aryl methyl sites for hydroxylation is 1. The number of rotatable bonds is 3. The summed E-state index contributed by atoms with van der Waals surface area (Å²) in [5, 5.41) is 11.7. The predicted molar refractivity (Wildman–Crippen MR) is 71.7 cm³/mol. The van der Waals surface area contributed by atoms with E-state index in [0.29, 0.717) is 5.92 Å². The van der Waals surface area contributed by atoms with Gasteiger partial charge in [-0.15, -0.1) is 11.3 Å². The Morgan fingerprint density at radius 1 is 1.67 bits per heavy atom. The second kappa shape index (κ2) is 4.35. The van der Waals surface area contributed by atoms with Crippen molar-refractivity contribution in [1.82, 2.24) is 4.90 Å². The molecule has 0 aromatic carbocycles. The highest BCUT2D eigenvalue weighted by Crippen LogP contribution is 2.49. The van der Waals surface area contributed by atoms with Crippen LogP contribution in [-0.2, 0) is 11.3 Å². The van der Waals surface area contributed by atoms with E-state index in [1.54, 1.807) is 11.3 Å². The third kappa shape index (κ3) is 1.79. The lowest BCUT2D eigenvalue weighted by Gasteiger charge is -2.23. The molecular weight excluding hydrogens is 246 g/mol. The highest BCUT2D eigenvalue weighted by atomic mass is 32.1. The van der Waals surface area contributed by atoms with E-state index in [-0.39, 0.29) is 0 Å². The van der Waals surface area contributed by atoms with Crippen LogP contribution in [0.2, 0.25) is 0 Å². The van der Waals surface area contributed by atoms with Gasteiger partial charge in [-0.25, -0.2) is 0 Å². The van der Waals surface area contributed by atoms with Gasteiger partial charge in [-0.1, -0.05) is 6.42 Å². The van der Waals surface area contributed by atoms with Gasteiger partial charge in [0.25, 0.3) is 0 Å². The standard InChI is InChI=1S/C14H19NO2S/c1-10-11(4-6-18-10)7-15-8-12-3-2-5-14(12,9-15)13(16)17/h4,6,12H,2-3,5,7-9H2,1H3,(H,16,17)/t12-,14+/m0/s1. The summed E-state index contributed by atoms with van der Waals surface area (Å²) in [6.07, 6.45) is 3.04. The zero-order valence-corrected chi connectivity index (χ0v) is 11.5. The number of fused-ring (bicyclic) bond motifs is 1. The van der Waals surface area contributed by atoms with E-state index in [4.69, 9.17) is 0 Å². The van der Waals surface area contributed by atoms with Gasteiger partial charge in [-0.2, -0.15) is 0 Å². The summed E-state index contributed by atoms with van der Waals surface area (Å²) >= 11 is 1.77. The van der Waals surface area contributed by atoms with Gasteiger partial charge in [0.2, 0.25) is 0 Å². The maximum Gasteiger partial charge on any atom is 0.311 e. The van der Waals surface area contributed by atoms with Crippen LogP contribution in [0.5, 0.6) is 0 Å². The molecule has 1 saturated carbocycles. The first-order valence-corrected chi connectivity index (χ1v) is 7.48. The first kappa shape index (κ1) is 12.2. The number of hydrogen-bond acceptors (Lipinski definition) is 3. The number of thiophene rings is 1. The first-order valence-electron chi connectivity index (χ1n) is 6.60. The molecule has 4 heteroatoms. The molecule has 1 aromatic heterocycles. The predicted octanol–water partition coefficient (Wildman–Crippen LogP) is 2.74. The Bertz CT molecular complexity index is 470. The lowest BCUT2D eigenvalue weighted by Crippen LogP contribution is -2.35. The maximum atomic E-state index is 11.6. The maximum absolute atomic E-state index is 11.6. The molecule has 98 valence electrons. The van der Waals surface area contributed by atoms with Crippen LogP contribution >= 0.6 is 11.3 Å². The fraction of sp³-hybridized carbons (Fsp3) is 0.643. The van der Waals surface area contributed by atoms with Crippen LogP contribution in [0.4, 0.5) is 0 Å². The van der Waals surface area contributed by atoms with Crippen LogP contribution in [0.15, 0.2) is 11.4 Å². The zero-order valence-electron chi connectivity index (χ0n) is 10.7. The number of nitrogens with zero attached hydrogens (tertiary/aromatic N) is 1. The van der Waals surface area contributed by atoms with E-state index >= 15 is 0 Å². The van der Waals surface area contributed by atoms with E-state index in [0.717, 1.165) is 38.9 Å². The van der Waals surface area contributed by atoms with Gasteiger partial charge in [-0.3, -0.25) is 9.69 Å². The number of aliphatic carboxylic acids is 1. The molecule has 1 N–H and O–H groups in total. The third-order valence-electron chi connectivity index (χ3n) is 4.73. The van der Waals surface area contributed by atoms with Crippen molar-refractivity contribution in [3.8, 4) is 0 Å². The van der Waals surface area contributed by atoms with E-state index in [1.165, 1.54) is 10.4 Å². The smallest absolute Gasteiger partial charge is 0.311 e. The molecule has 3 nitrogen and oxygen atoms in total. The summed E-state index contributed by atoms with van der Waals surface area (Å²) in [5.74, 6) is -0.205. The van der Waals surface area contributed by atoms with Crippen LogP contribution in [0.25, 0.3) is 0 Å². The number of carboxylic acids is 1. The van der Waals surface area contributed by atoms with Crippen molar-refractivity contribution in [2.75, 3.05) is 13.1 Å². The summed E-state index contributed by atoms with van der Waals surface area (Å²) in [6.45, 7) is 4.76. The van der Waals surface area contributed by atoms with E-state index < -0.39 is 11.4 Å². The Labute approximate surface area is 111 Å². The second-order valence-corrected chi connectivity index (χ2v) is 6.84. The lowest BCUT2D eigenvalue weighted by molar-refractivity contribution is -0.149. The Morgan fingerprint density at radius 3 is 3.11 bits per heavy atom. The molecule has 1 aliphatic carbocycles. The molecule has 0 spiro atoms. The van der Waals surface area contributed by atoms with Crippen molar-refractivity contribution in [2.45, 2.75) is 32.7 Å². The Kier molecular flexibility index (Phi) is 2.94. The molecule has 1 saturated heterocycles. The average molecular weight is 265 g/mol. The zero-order chi connectivity index (χ0) is 12.8. The number of carboxylic acid groups (broad SMARTS) is 1. The molecular formula is C14H19NO2S. The Hall–Kier alpha value is -0.870. The summed E-state index contributed by atoms with van der Waals surface area (Å²) in [6, 6.07) is 2.17. The molecule has 0 radical (unpaired) electrons. The largest absolute Gasteiger partial charge is 0.481 e. The van der Waals surface area contributed by atoms with Gasteiger partial charge in [0.1, 0.15) is 0 Å². The van der Waals surface area contributed by atoms with Gasteiger partial charge < -0.3 is 5.11 Å². The highest BCUT2D eigenvalue weighted by Gasteiger charge is 2.54. The molecule has 1 aromatic rings. The average Bonchev–Trinajstić information content (AvgIpc) is 2.94. The van der Waals surface area contributed by atoms with Crippen LogP contribution in [-0.4, -0.2) is 29.1 Å². The molecule has 3 rings (SSSR count). The third-order valence-corrected chi connectivity index (χ3v) is 5.62. The minimum atomic E-state index is -0.574. The highest BCUT2D eigenvalue weighted by molar-refractivity contribution is 7.10. The van der Waals surface area contributed by atoms with E-state index in [2.05, 4.69) is 23.3 Å². The summed E-state index contributed by atoms with van der Waals surface area (Å²) in [4.78, 5) is 15.3. The fourth-order valence-corrected chi connectivity index (χ4v) is 4.40. The quantitative estimate of drug-likeness (QED) is 0.913. The van der Waals surface area contributed by atoms with Gasteiger partial charge in [0.15, 0.2) is 0 Å². The van der Waals surface area contributed by atoms with Gasteiger partial charge in [0.05, 0.1) is 5.41 Å². The SMILES string of the molecule is Cc1sccc1CN1C[C@@H]2CCC[C@@]2(C(=O)O)C1. The molecule has 2 heterocycles. The summed E-state index contributed by atoms with van der Waals surface area (Å²) in [7, 11) is 0. The molecule has 18 heavy (non-hydrogen) atoms. The van der Waals surface area contributed by atoms with Crippen LogP contribution < -0.4 is 0 Å². The van der Waals surface area contributed by atoms with Gasteiger partial charge >= 0.3 is 5.97 Å². The van der Waals surface area contributed by atoms with Gasteiger partial charge in [-0.05, 0) is 42.7 Å². The molecule has 0 amide bonds. The number of likely N-dealkylation sites (tertiary alicyclic amines) is 1. The lowest BCUT2D eigenvalue weighted by atomic mass is 9.81. The normalized spacial score (nSPS) is 31.7. The van der Waals surface area contributed by atoms with Crippen LogP contribution in [0.1, 0.15) is 29.7 Å². The van der Waals surface area contributed by atoms with Crippen molar-refractivity contribution >= 4 is 17.3 Å².